The second-order valence-corrected chi connectivity index (χ2v) is 6.15. The number of thioether (sulfide) groups is 1. The van der Waals surface area contributed by atoms with E-state index in [-0.39, 0.29) is 52.8 Å². The maximum Gasteiger partial charge on any atom is 1.00 e. The third-order valence-corrected chi connectivity index (χ3v) is 3.87. The zero-order chi connectivity index (χ0) is 12.9. The molecule has 0 heterocycles. The fourth-order valence-corrected chi connectivity index (χ4v) is 2.69. The van der Waals surface area contributed by atoms with E-state index in [2.05, 4.69) is 0 Å². The summed E-state index contributed by atoms with van der Waals surface area (Å²) in [7, 11) is 0. The maximum absolute atomic E-state index is 11.9. The molecule has 1 amide bonds. The van der Waals surface area contributed by atoms with Crippen LogP contribution in [0, 0.1) is 0 Å². The summed E-state index contributed by atoms with van der Waals surface area (Å²) >= 11 is 17.8. The minimum Gasteiger partial charge on any atom is -1.00 e. The second-order valence-electron chi connectivity index (χ2n) is 3.81. The molecule has 0 aliphatic rings. The summed E-state index contributed by atoms with van der Waals surface area (Å²) in [6, 6.07) is 0.323. The summed E-state index contributed by atoms with van der Waals surface area (Å²) in [5, 5.41) is 0.284. The Morgan fingerprint density at radius 1 is 1.18 bits per heavy atom. The molecule has 0 unspecified atom stereocenters. The van der Waals surface area contributed by atoms with E-state index < -0.39 is 0 Å². The van der Waals surface area contributed by atoms with Crippen LogP contribution in [0.1, 0.15) is 29.1 Å². The van der Waals surface area contributed by atoms with Crippen LogP contribution in [0.4, 0.5) is 4.79 Å². The molecule has 0 aliphatic heterocycles. The van der Waals surface area contributed by atoms with Crippen molar-refractivity contribution in [2.75, 3.05) is 5.75 Å². The molecule has 0 aliphatic carbocycles. The van der Waals surface area contributed by atoms with E-state index in [0.29, 0.717) is 10.8 Å². The van der Waals surface area contributed by atoms with Gasteiger partial charge >= 0.3 is 29.6 Å². The van der Waals surface area contributed by atoms with Gasteiger partial charge in [0.15, 0.2) is 0 Å². The van der Waals surface area contributed by atoms with Gasteiger partial charge in [-0.05, 0) is 27.7 Å². The van der Waals surface area contributed by atoms with Crippen LogP contribution < -0.4 is 29.6 Å². The van der Waals surface area contributed by atoms with Crippen LogP contribution in [0.2, 0.25) is 0 Å². The van der Waals surface area contributed by atoms with Gasteiger partial charge in [-0.25, -0.2) is 0 Å². The fraction of sp³-hybridized carbons (Fsp3) is 0.700. The third-order valence-electron chi connectivity index (χ3n) is 1.85. The predicted octanol–water partition coefficient (Wildman–Crippen LogP) is 1.96. The zero-order valence-corrected chi connectivity index (χ0v) is 15.8. The van der Waals surface area contributed by atoms with Crippen molar-refractivity contribution in [3.63, 3.8) is 0 Å². The van der Waals surface area contributed by atoms with Gasteiger partial charge in [0, 0.05) is 17.8 Å². The first kappa shape index (κ1) is 20.7. The smallest absolute Gasteiger partial charge is 1.00 e. The van der Waals surface area contributed by atoms with Crippen molar-refractivity contribution >= 4 is 51.8 Å². The summed E-state index contributed by atoms with van der Waals surface area (Å²) < 4.78 is 0.0163. The van der Waals surface area contributed by atoms with E-state index in [1.54, 1.807) is 4.90 Å². The number of hydrogen-bond acceptors (Lipinski definition) is 2. The Balaban J connectivity index is -0.00000112. The van der Waals surface area contributed by atoms with Gasteiger partial charge in [-0.1, -0.05) is 46.6 Å². The number of hydrogen-bond donors (Lipinski definition) is 0. The minimum absolute atomic E-state index is 0. The summed E-state index contributed by atoms with van der Waals surface area (Å²) in [6.45, 7) is 7.91. The predicted molar refractivity (Wildman–Crippen MR) is 75.7 cm³/mol. The molecular weight excluding hydrogens is 312 g/mol. The largest absolute Gasteiger partial charge is 1.00 e. The van der Waals surface area contributed by atoms with Crippen LogP contribution in [0.15, 0.2) is 9.52 Å². The molecule has 0 atom stereocenters. The molecule has 0 aromatic rings. The van der Waals surface area contributed by atoms with Crippen LogP contribution >= 0.6 is 46.6 Å². The second kappa shape index (κ2) is 10.2. The van der Waals surface area contributed by atoms with Crippen molar-refractivity contribution in [2.45, 2.75) is 39.8 Å². The van der Waals surface area contributed by atoms with Gasteiger partial charge < -0.3 is 6.33 Å². The van der Waals surface area contributed by atoms with E-state index in [0.717, 1.165) is 11.8 Å². The molecule has 0 N–H and O–H groups in total. The number of rotatable bonds is 4. The molecule has 0 saturated carbocycles. The van der Waals surface area contributed by atoms with E-state index in [1.165, 1.54) is 0 Å². The first-order valence-electron chi connectivity index (χ1n) is 4.92. The molecule has 17 heavy (non-hydrogen) atoms. The van der Waals surface area contributed by atoms with Crippen molar-refractivity contribution in [2.24, 2.45) is 0 Å². The van der Waals surface area contributed by atoms with E-state index in [9.17, 15) is 4.79 Å². The Bertz CT molecular complexity index is 278. The van der Waals surface area contributed by atoms with Gasteiger partial charge in [0.1, 0.15) is 4.49 Å². The molecular formula is C10H17Cl3NNaOS. The molecule has 0 aromatic heterocycles. The maximum atomic E-state index is 11.9. The monoisotopic (exact) mass is 327 g/mol. The van der Waals surface area contributed by atoms with Gasteiger partial charge in [-0.3, -0.25) is 4.79 Å². The molecule has 96 valence electrons. The van der Waals surface area contributed by atoms with Crippen molar-refractivity contribution < 1.29 is 35.8 Å². The topological polar surface area (TPSA) is 20.3 Å². The Kier molecular flexibility index (Phi) is 12.5. The molecule has 2 nitrogen and oxygen atoms in total. The molecule has 0 saturated heterocycles. The van der Waals surface area contributed by atoms with Crippen molar-refractivity contribution in [3.8, 4) is 0 Å². The first-order valence-corrected chi connectivity index (χ1v) is 7.04. The quantitative estimate of drug-likeness (QED) is 0.735. The Labute approximate surface area is 146 Å². The van der Waals surface area contributed by atoms with Crippen LogP contribution in [-0.2, 0) is 0 Å². The van der Waals surface area contributed by atoms with E-state index >= 15 is 0 Å². The van der Waals surface area contributed by atoms with Crippen LogP contribution in [0.5, 0.6) is 0 Å². The summed E-state index contributed by atoms with van der Waals surface area (Å²) in [5.41, 5.74) is 0. The van der Waals surface area contributed by atoms with Crippen LogP contribution in [0.3, 0.4) is 0 Å². The average molecular weight is 329 g/mol. The fourth-order valence-electron chi connectivity index (χ4n) is 1.27. The number of carbonyl (C=O) groups excluding carboxylic acids is 1. The Hall–Kier alpha value is 1.43. The normalized spacial score (nSPS) is 10.2. The number of halogens is 3. The average Bonchev–Trinajstić information content (AvgIpc) is 2.12. The van der Waals surface area contributed by atoms with Crippen molar-refractivity contribution in [3.05, 3.63) is 9.52 Å². The number of carbonyl (C=O) groups is 1. The van der Waals surface area contributed by atoms with Gasteiger partial charge in [0.05, 0.1) is 5.03 Å². The number of amides is 1. The summed E-state index contributed by atoms with van der Waals surface area (Å²) in [5.74, 6) is 0.304. The molecule has 0 fully saturated rings. The molecule has 0 aromatic carbocycles. The Morgan fingerprint density at radius 2 is 1.59 bits per heavy atom. The first-order chi connectivity index (χ1) is 7.27. The molecule has 0 spiro atoms. The van der Waals surface area contributed by atoms with Gasteiger partial charge in [0.2, 0.25) is 0 Å². The van der Waals surface area contributed by atoms with Crippen molar-refractivity contribution in [1.82, 2.24) is 4.90 Å². The summed E-state index contributed by atoms with van der Waals surface area (Å²) in [6.07, 6.45) is 0. The molecule has 0 rings (SSSR count). The number of nitrogens with zero attached hydrogens (tertiary/aromatic N) is 1. The van der Waals surface area contributed by atoms with E-state index in [1.807, 2.05) is 27.7 Å². The standard InChI is InChI=1S/C10H16Cl3NOS.Na.H/c1-6(2)14(7(3)4)10(15)16-5-8(11)9(12)13;;/h6-7H,5H2,1-4H3;;/q;+1;-1. The minimum atomic E-state index is -0.0160. The molecule has 0 radical (unpaired) electrons. The molecule has 7 heteroatoms. The van der Waals surface area contributed by atoms with E-state index in [4.69, 9.17) is 34.8 Å². The zero-order valence-electron chi connectivity index (χ0n) is 11.8. The third kappa shape index (κ3) is 8.25. The van der Waals surface area contributed by atoms with Crippen molar-refractivity contribution in [1.29, 1.82) is 0 Å². The SMILES string of the molecule is CC(C)N(C(=O)SCC(Cl)=C(Cl)Cl)C(C)C.[H-].[Na+]. The molecule has 0 bridgehead atoms. The van der Waals surface area contributed by atoms with Gasteiger partial charge in [-0.2, -0.15) is 0 Å². The van der Waals surface area contributed by atoms with Crippen LogP contribution in [-0.4, -0.2) is 28.0 Å². The van der Waals surface area contributed by atoms with Crippen LogP contribution in [0.25, 0.3) is 0 Å². The van der Waals surface area contributed by atoms with Gasteiger partial charge in [-0.15, -0.1) is 0 Å². The van der Waals surface area contributed by atoms with Gasteiger partial charge in [0.25, 0.3) is 5.24 Å². The summed E-state index contributed by atoms with van der Waals surface area (Å²) in [4.78, 5) is 13.7. The Morgan fingerprint density at radius 3 is 1.88 bits per heavy atom.